The van der Waals surface area contributed by atoms with E-state index < -0.39 is 11.9 Å². The van der Waals surface area contributed by atoms with E-state index in [2.05, 4.69) is 26.2 Å². The van der Waals surface area contributed by atoms with Crippen molar-refractivity contribution in [2.75, 3.05) is 11.9 Å². The minimum Gasteiger partial charge on any atom is -0.452 e. The van der Waals surface area contributed by atoms with Crippen LogP contribution in [0.5, 0.6) is 0 Å². The normalized spacial score (nSPS) is 10.4. The quantitative estimate of drug-likeness (QED) is 0.596. The number of carbonyl (C=O) groups excluding carboxylic acids is 2. The molecule has 0 radical (unpaired) electrons. The highest BCUT2D eigenvalue weighted by Crippen LogP contribution is 2.26. The van der Waals surface area contributed by atoms with Crippen LogP contribution >= 0.6 is 27.3 Å². The fraction of sp³-hybridized carbons (Fsp3) is 0.105. The standard InChI is InChI=1S/C19H15BrN2O3S/c1-12-5-7-13(8-6-12)18(24)25-10-17(23)22-19-21-16(11-26-19)14-3-2-4-15(20)9-14/h2-9,11H,10H2,1H3,(H,21,22,23). The van der Waals surface area contributed by atoms with Crippen LogP contribution < -0.4 is 5.32 Å². The number of aryl methyl sites for hydroxylation is 1. The van der Waals surface area contributed by atoms with Gasteiger partial charge in [0.2, 0.25) is 0 Å². The van der Waals surface area contributed by atoms with E-state index in [1.807, 2.05) is 48.7 Å². The Balaban J connectivity index is 1.55. The molecule has 5 nitrogen and oxygen atoms in total. The van der Waals surface area contributed by atoms with Gasteiger partial charge in [0.05, 0.1) is 11.3 Å². The first-order chi connectivity index (χ1) is 12.5. The van der Waals surface area contributed by atoms with Crippen molar-refractivity contribution in [2.45, 2.75) is 6.92 Å². The molecule has 1 amide bonds. The highest BCUT2D eigenvalue weighted by atomic mass is 79.9. The van der Waals surface area contributed by atoms with Gasteiger partial charge in [-0.2, -0.15) is 0 Å². The Morgan fingerprint density at radius 1 is 1.19 bits per heavy atom. The molecule has 0 saturated heterocycles. The molecule has 0 bridgehead atoms. The number of aromatic nitrogens is 1. The van der Waals surface area contributed by atoms with E-state index in [0.29, 0.717) is 10.7 Å². The lowest BCUT2D eigenvalue weighted by atomic mass is 10.1. The van der Waals surface area contributed by atoms with Crippen molar-refractivity contribution in [2.24, 2.45) is 0 Å². The minimum atomic E-state index is -0.533. The Bertz CT molecular complexity index is 938. The predicted molar refractivity (Wildman–Crippen MR) is 105 cm³/mol. The summed E-state index contributed by atoms with van der Waals surface area (Å²) < 4.78 is 5.98. The van der Waals surface area contributed by atoms with Crippen LogP contribution in [0.4, 0.5) is 5.13 Å². The van der Waals surface area contributed by atoms with Gasteiger partial charge in [-0.3, -0.25) is 10.1 Å². The number of carbonyl (C=O) groups is 2. The van der Waals surface area contributed by atoms with Crippen LogP contribution in [0, 0.1) is 6.92 Å². The van der Waals surface area contributed by atoms with Crippen molar-refractivity contribution in [3.05, 3.63) is 69.5 Å². The van der Waals surface area contributed by atoms with Crippen LogP contribution in [0.1, 0.15) is 15.9 Å². The molecule has 0 aliphatic rings. The summed E-state index contributed by atoms with van der Waals surface area (Å²) in [6, 6.07) is 14.7. The molecule has 0 fully saturated rings. The summed E-state index contributed by atoms with van der Waals surface area (Å²) in [5.74, 6) is -0.963. The molecule has 1 heterocycles. The van der Waals surface area contributed by atoms with E-state index in [-0.39, 0.29) is 6.61 Å². The van der Waals surface area contributed by atoms with E-state index in [1.54, 1.807) is 12.1 Å². The van der Waals surface area contributed by atoms with Crippen LogP contribution in [0.15, 0.2) is 58.4 Å². The van der Waals surface area contributed by atoms with Crippen LogP contribution in [0.2, 0.25) is 0 Å². The Hall–Kier alpha value is -2.51. The smallest absolute Gasteiger partial charge is 0.338 e. The molecule has 1 aromatic heterocycles. The number of hydrogen-bond acceptors (Lipinski definition) is 5. The third-order valence-electron chi connectivity index (χ3n) is 3.49. The third-order valence-corrected chi connectivity index (χ3v) is 4.74. The first-order valence-corrected chi connectivity index (χ1v) is 9.43. The topological polar surface area (TPSA) is 68.3 Å². The van der Waals surface area contributed by atoms with Gasteiger partial charge < -0.3 is 4.74 Å². The molecule has 132 valence electrons. The molecule has 0 atom stereocenters. The lowest BCUT2D eigenvalue weighted by Gasteiger charge is -2.05. The van der Waals surface area contributed by atoms with Gasteiger partial charge in [0.1, 0.15) is 0 Å². The zero-order chi connectivity index (χ0) is 18.5. The van der Waals surface area contributed by atoms with Crippen LogP contribution in [-0.4, -0.2) is 23.5 Å². The summed E-state index contributed by atoms with van der Waals surface area (Å²) >= 11 is 4.73. The summed E-state index contributed by atoms with van der Waals surface area (Å²) in [5.41, 5.74) is 3.17. The molecule has 0 aliphatic carbocycles. The van der Waals surface area contributed by atoms with Crippen LogP contribution in [-0.2, 0) is 9.53 Å². The van der Waals surface area contributed by atoms with Gasteiger partial charge in [-0.25, -0.2) is 9.78 Å². The lowest BCUT2D eigenvalue weighted by molar-refractivity contribution is -0.119. The van der Waals surface area contributed by atoms with E-state index >= 15 is 0 Å². The van der Waals surface area contributed by atoms with Gasteiger partial charge in [-0.1, -0.05) is 45.8 Å². The van der Waals surface area contributed by atoms with E-state index in [4.69, 9.17) is 4.74 Å². The van der Waals surface area contributed by atoms with Gasteiger partial charge in [-0.05, 0) is 31.2 Å². The number of thiazole rings is 1. The summed E-state index contributed by atoms with van der Waals surface area (Å²) in [5, 5.41) is 4.95. The number of amides is 1. The highest BCUT2D eigenvalue weighted by molar-refractivity contribution is 9.10. The molecule has 0 saturated carbocycles. The number of benzene rings is 2. The zero-order valence-corrected chi connectivity index (χ0v) is 16.3. The SMILES string of the molecule is Cc1ccc(C(=O)OCC(=O)Nc2nc(-c3cccc(Br)c3)cs2)cc1. The van der Waals surface area contributed by atoms with Gasteiger partial charge in [0.15, 0.2) is 11.7 Å². The minimum absolute atomic E-state index is 0.363. The van der Waals surface area contributed by atoms with E-state index in [1.165, 1.54) is 11.3 Å². The van der Waals surface area contributed by atoms with Crippen LogP contribution in [0.25, 0.3) is 11.3 Å². The Morgan fingerprint density at radius 2 is 1.96 bits per heavy atom. The van der Waals surface area contributed by atoms with Crippen molar-refractivity contribution < 1.29 is 14.3 Å². The summed E-state index contributed by atoms with van der Waals surface area (Å²) in [6.07, 6.45) is 0. The molecule has 0 unspecified atom stereocenters. The molecule has 1 N–H and O–H groups in total. The molecular formula is C19H15BrN2O3S. The maximum Gasteiger partial charge on any atom is 0.338 e. The number of hydrogen-bond donors (Lipinski definition) is 1. The number of ether oxygens (including phenoxy) is 1. The number of esters is 1. The molecule has 3 rings (SSSR count). The maximum absolute atomic E-state index is 12.0. The van der Waals surface area contributed by atoms with Crippen molar-refractivity contribution in [3.8, 4) is 11.3 Å². The van der Waals surface area contributed by atoms with Gasteiger partial charge in [0, 0.05) is 15.4 Å². The number of nitrogens with one attached hydrogen (secondary N) is 1. The number of halogens is 1. The average Bonchev–Trinajstić information content (AvgIpc) is 3.09. The molecule has 2 aromatic carbocycles. The van der Waals surface area contributed by atoms with E-state index in [9.17, 15) is 9.59 Å². The van der Waals surface area contributed by atoms with Gasteiger partial charge in [-0.15, -0.1) is 11.3 Å². The molecule has 0 aliphatic heterocycles. The van der Waals surface area contributed by atoms with Gasteiger partial charge in [0.25, 0.3) is 5.91 Å². The first-order valence-electron chi connectivity index (χ1n) is 7.76. The van der Waals surface area contributed by atoms with Crippen molar-refractivity contribution >= 4 is 44.3 Å². The summed E-state index contributed by atoms with van der Waals surface area (Å²) in [7, 11) is 0. The van der Waals surface area contributed by atoms with Crippen molar-refractivity contribution in [1.29, 1.82) is 0 Å². The predicted octanol–water partition coefficient (Wildman–Crippen LogP) is 4.68. The fourth-order valence-electron chi connectivity index (χ4n) is 2.17. The Kier molecular flexibility index (Phi) is 5.80. The molecule has 26 heavy (non-hydrogen) atoms. The van der Waals surface area contributed by atoms with E-state index in [0.717, 1.165) is 21.3 Å². The molecule has 7 heteroatoms. The lowest BCUT2D eigenvalue weighted by Crippen LogP contribution is -2.20. The number of nitrogens with zero attached hydrogens (tertiary/aromatic N) is 1. The van der Waals surface area contributed by atoms with Gasteiger partial charge >= 0.3 is 5.97 Å². The summed E-state index contributed by atoms with van der Waals surface area (Å²) in [4.78, 5) is 28.3. The average molecular weight is 431 g/mol. The zero-order valence-electron chi connectivity index (χ0n) is 13.9. The fourth-order valence-corrected chi connectivity index (χ4v) is 3.31. The molecule has 0 spiro atoms. The maximum atomic E-state index is 12.0. The van der Waals surface area contributed by atoms with Crippen molar-refractivity contribution in [1.82, 2.24) is 4.98 Å². The molecular weight excluding hydrogens is 416 g/mol. The monoisotopic (exact) mass is 430 g/mol. The summed E-state index contributed by atoms with van der Waals surface area (Å²) in [6.45, 7) is 1.57. The Labute approximate surface area is 163 Å². The molecule has 3 aromatic rings. The largest absolute Gasteiger partial charge is 0.452 e. The first kappa shape index (κ1) is 18.3. The number of rotatable bonds is 5. The van der Waals surface area contributed by atoms with Crippen LogP contribution in [0.3, 0.4) is 0 Å². The van der Waals surface area contributed by atoms with Crippen molar-refractivity contribution in [3.63, 3.8) is 0 Å². The highest BCUT2D eigenvalue weighted by Gasteiger charge is 2.12. The second kappa shape index (κ2) is 8.25. The number of anilines is 1. The third kappa shape index (κ3) is 4.77. The second-order valence-electron chi connectivity index (χ2n) is 5.54. The Morgan fingerprint density at radius 3 is 2.69 bits per heavy atom. The second-order valence-corrected chi connectivity index (χ2v) is 7.31.